The molecule has 0 aliphatic carbocycles. The molecule has 0 saturated carbocycles. The molecule has 0 fully saturated rings. The van der Waals surface area contributed by atoms with E-state index in [0.29, 0.717) is 31.2 Å². The molecule has 0 radical (unpaired) electrons. The molecule has 0 unspecified atom stereocenters. The van der Waals surface area contributed by atoms with E-state index in [1.54, 1.807) is 0 Å². The SMILES string of the molecule is CCCc1c(OCc2ccccc2)ccc2nc(N)c3nc(COCC)[nH]c3c12. The normalized spacial score (nSPS) is 11.4. The van der Waals surface area contributed by atoms with Gasteiger partial charge in [-0.25, -0.2) is 9.97 Å². The van der Waals surface area contributed by atoms with Crippen LogP contribution in [0.3, 0.4) is 0 Å². The number of imidazole rings is 1. The lowest BCUT2D eigenvalue weighted by Gasteiger charge is -2.14. The third-order valence-electron chi connectivity index (χ3n) is 4.91. The topological polar surface area (TPSA) is 86.1 Å². The number of hydrogen-bond acceptors (Lipinski definition) is 5. The van der Waals surface area contributed by atoms with Crippen molar-refractivity contribution in [1.29, 1.82) is 0 Å². The number of fused-ring (bicyclic) bond motifs is 3. The Labute approximate surface area is 170 Å². The monoisotopic (exact) mass is 390 g/mol. The second-order valence-corrected chi connectivity index (χ2v) is 7.00. The van der Waals surface area contributed by atoms with Crippen LogP contribution in [0, 0.1) is 0 Å². The van der Waals surface area contributed by atoms with Crippen molar-refractivity contribution in [1.82, 2.24) is 15.0 Å². The van der Waals surface area contributed by atoms with Crippen molar-refractivity contribution in [3.05, 3.63) is 59.4 Å². The molecular formula is C23H26N4O2. The Hall–Kier alpha value is -3.12. The molecule has 2 heterocycles. The van der Waals surface area contributed by atoms with Crippen LogP contribution in [-0.2, 0) is 24.4 Å². The van der Waals surface area contributed by atoms with Gasteiger partial charge in [0.2, 0.25) is 0 Å². The second kappa shape index (κ2) is 8.49. The van der Waals surface area contributed by atoms with Crippen molar-refractivity contribution in [3.8, 4) is 5.75 Å². The maximum Gasteiger partial charge on any atom is 0.152 e. The summed E-state index contributed by atoms with van der Waals surface area (Å²) in [6.45, 7) is 5.69. The molecule has 4 aromatic rings. The van der Waals surface area contributed by atoms with Crippen LogP contribution >= 0.6 is 0 Å². The van der Waals surface area contributed by atoms with Crippen molar-refractivity contribution < 1.29 is 9.47 Å². The van der Waals surface area contributed by atoms with Gasteiger partial charge in [-0.05, 0) is 31.0 Å². The predicted octanol–water partition coefficient (Wildman–Crippen LogP) is 4.76. The minimum Gasteiger partial charge on any atom is -0.489 e. The largest absolute Gasteiger partial charge is 0.489 e. The number of pyridine rings is 1. The van der Waals surface area contributed by atoms with E-state index < -0.39 is 0 Å². The number of rotatable bonds is 8. The summed E-state index contributed by atoms with van der Waals surface area (Å²) in [5, 5.41) is 1.02. The summed E-state index contributed by atoms with van der Waals surface area (Å²) in [7, 11) is 0. The summed E-state index contributed by atoms with van der Waals surface area (Å²) in [4.78, 5) is 12.6. The minimum absolute atomic E-state index is 0.416. The summed E-state index contributed by atoms with van der Waals surface area (Å²) < 4.78 is 11.7. The smallest absolute Gasteiger partial charge is 0.152 e. The zero-order valence-electron chi connectivity index (χ0n) is 16.9. The summed E-state index contributed by atoms with van der Waals surface area (Å²) in [6, 6.07) is 14.1. The number of nitrogen functional groups attached to an aromatic ring is 1. The number of nitrogens with one attached hydrogen (secondary N) is 1. The molecule has 3 N–H and O–H groups in total. The van der Waals surface area contributed by atoms with E-state index in [4.69, 9.17) is 15.2 Å². The third-order valence-corrected chi connectivity index (χ3v) is 4.91. The number of anilines is 1. The minimum atomic E-state index is 0.416. The second-order valence-electron chi connectivity index (χ2n) is 7.00. The molecule has 0 saturated heterocycles. The van der Waals surface area contributed by atoms with Gasteiger partial charge in [-0.1, -0.05) is 43.7 Å². The van der Waals surface area contributed by atoms with Gasteiger partial charge in [0, 0.05) is 17.6 Å². The van der Waals surface area contributed by atoms with Gasteiger partial charge in [-0.15, -0.1) is 0 Å². The number of aromatic nitrogens is 3. The highest BCUT2D eigenvalue weighted by atomic mass is 16.5. The van der Waals surface area contributed by atoms with Crippen LogP contribution in [0.5, 0.6) is 5.75 Å². The zero-order chi connectivity index (χ0) is 20.2. The van der Waals surface area contributed by atoms with E-state index in [9.17, 15) is 0 Å². The number of ether oxygens (including phenoxy) is 2. The fourth-order valence-corrected chi connectivity index (χ4v) is 3.60. The van der Waals surface area contributed by atoms with Gasteiger partial charge in [0.1, 0.15) is 30.3 Å². The molecule has 0 atom stereocenters. The van der Waals surface area contributed by atoms with Crippen LogP contribution in [0.2, 0.25) is 0 Å². The number of nitrogens with zero attached hydrogens (tertiary/aromatic N) is 2. The quantitative estimate of drug-likeness (QED) is 0.453. The lowest BCUT2D eigenvalue weighted by molar-refractivity contribution is 0.129. The van der Waals surface area contributed by atoms with Gasteiger partial charge in [0.15, 0.2) is 5.82 Å². The van der Waals surface area contributed by atoms with Crippen LogP contribution in [0.25, 0.3) is 21.9 Å². The fourth-order valence-electron chi connectivity index (χ4n) is 3.60. The summed E-state index contributed by atoms with van der Waals surface area (Å²) in [5.41, 5.74) is 10.9. The molecule has 0 bridgehead atoms. The molecule has 0 amide bonds. The van der Waals surface area contributed by atoms with Crippen molar-refractivity contribution >= 4 is 27.8 Å². The number of aryl methyl sites for hydroxylation is 1. The maximum atomic E-state index is 6.22. The molecule has 29 heavy (non-hydrogen) atoms. The first-order valence-corrected chi connectivity index (χ1v) is 10.0. The van der Waals surface area contributed by atoms with Gasteiger partial charge in [0.25, 0.3) is 0 Å². The van der Waals surface area contributed by atoms with Crippen LogP contribution in [0.15, 0.2) is 42.5 Å². The van der Waals surface area contributed by atoms with Crippen LogP contribution < -0.4 is 10.5 Å². The molecular weight excluding hydrogens is 364 g/mol. The highest BCUT2D eigenvalue weighted by Gasteiger charge is 2.17. The molecule has 6 heteroatoms. The summed E-state index contributed by atoms with van der Waals surface area (Å²) >= 11 is 0. The van der Waals surface area contributed by atoms with E-state index >= 15 is 0 Å². The molecule has 150 valence electrons. The van der Waals surface area contributed by atoms with Crippen molar-refractivity contribution in [2.24, 2.45) is 0 Å². The number of benzene rings is 2. The van der Waals surface area contributed by atoms with E-state index in [1.165, 1.54) is 0 Å². The first kappa shape index (κ1) is 19.2. The molecule has 0 spiro atoms. The Kier molecular flexibility index (Phi) is 5.62. The van der Waals surface area contributed by atoms with Crippen LogP contribution in [0.4, 0.5) is 5.82 Å². The molecule has 6 nitrogen and oxygen atoms in total. The van der Waals surface area contributed by atoms with Crippen molar-refractivity contribution in [2.75, 3.05) is 12.3 Å². The Balaban J connectivity index is 1.82. The average Bonchev–Trinajstić information content (AvgIpc) is 3.17. The average molecular weight is 390 g/mol. The summed E-state index contributed by atoms with van der Waals surface area (Å²) in [6.07, 6.45) is 1.87. The van der Waals surface area contributed by atoms with Gasteiger partial charge in [-0.3, -0.25) is 0 Å². The third kappa shape index (κ3) is 3.89. The maximum absolute atomic E-state index is 6.22. The van der Waals surface area contributed by atoms with E-state index in [0.717, 1.165) is 52.0 Å². The number of nitrogens with two attached hydrogens (primary N) is 1. The highest BCUT2D eigenvalue weighted by Crippen LogP contribution is 2.35. The lowest BCUT2D eigenvalue weighted by Crippen LogP contribution is -2.01. The predicted molar refractivity (Wildman–Crippen MR) is 116 cm³/mol. The Morgan fingerprint density at radius 1 is 1.00 bits per heavy atom. The first-order valence-electron chi connectivity index (χ1n) is 10.0. The van der Waals surface area contributed by atoms with Crippen LogP contribution in [-0.4, -0.2) is 21.6 Å². The Morgan fingerprint density at radius 2 is 1.83 bits per heavy atom. The van der Waals surface area contributed by atoms with Gasteiger partial charge < -0.3 is 20.2 Å². The number of aromatic amines is 1. The zero-order valence-corrected chi connectivity index (χ0v) is 16.9. The fraction of sp³-hybridized carbons (Fsp3) is 0.304. The van der Waals surface area contributed by atoms with Crippen molar-refractivity contribution in [3.63, 3.8) is 0 Å². The van der Waals surface area contributed by atoms with E-state index in [1.807, 2.05) is 37.3 Å². The van der Waals surface area contributed by atoms with Gasteiger partial charge >= 0.3 is 0 Å². The summed E-state index contributed by atoms with van der Waals surface area (Å²) in [5.74, 6) is 2.05. The Morgan fingerprint density at radius 3 is 2.59 bits per heavy atom. The van der Waals surface area contributed by atoms with Gasteiger partial charge in [0.05, 0.1) is 11.0 Å². The number of H-pyrrole nitrogens is 1. The van der Waals surface area contributed by atoms with E-state index in [-0.39, 0.29) is 0 Å². The molecule has 2 aromatic heterocycles. The standard InChI is InChI=1S/C23H26N4O2/c1-3-8-16-18(29-13-15-9-6-5-7-10-15)12-11-17-20(16)21-22(23(24)25-17)27-19(26-21)14-28-4-2/h5-7,9-12H,3-4,8,13-14H2,1-2H3,(H2,24,25)(H,26,27). The van der Waals surface area contributed by atoms with E-state index in [2.05, 4.69) is 34.0 Å². The van der Waals surface area contributed by atoms with Crippen LogP contribution in [0.1, 0.15) is 37.2 Å². The lowest BCUT2D eigenvalue weighted by atomic mass is 10.0. The molecule has 2 aromatic carbocycles. The highest BCUT2D eigenvalue weighted by molar-refractivity contribution is 6.08. The molecule has 0 aliphatic rings. The molecule has 0 aliphatic heterocycles. The Bertz CT molecular complexity index is 1120. The van der Waals surface area contributed by atoms with Gasteiger partial charge in [-0.2, -0.15) is 0 Å². The van der Waals surface area contributed by atoms with Crippen molar-refractivity contribution in [2.45, 2.75) is 39.9 Å². The first-order chi connectivity index (χ1) is 14.2. The number of hydrogen-bond donors (Lipinski definition) is 2. The molecule has 4 rings (SSSR count).